The van der Waals surface area contributed by atoms with E-state index in [0.717, 1.165) is 13.1 Å². The summed E-state index contributed by atoms with van der Waals surface area (Å²) in [4.78, 5) is 0. The van der Waals surface area contributed by atoms with Gasteiger partial charge in [0.05, 0.1) is 0 Å². The smallest absolute Gasteiger partial charge is 0.0470 e. The Balaban J connectivity index is 1.98. The van der Waals surface area contributed by atoms with Gasteiger partial charge in [-0.15, -0.1) is 0 Å². The zero-order valence-electron chi connectivity index (χ0n) is 11.3. The van der Waals surface area contributed by atoms with Gasteiger partial charge in [0, 0.05) is 25.0 Å². The van der Waals surface area contributed by atoms with Gasteiger partial charge in [0.15, 0.2) is 0 Å². The van der Waals surface area contributed by atoms with Gasteiger partial charge in [0.25, 0.3) is 0 Å². The van der Waals surface area contributed by atoms with Crippen molar-refractivity contribution >= 4 is 0 Å². The Hall–Kier alpha value is -1.54. The van der Waals surface area contributed by atoms with Gasteiger partial charge in [0.1, 0.15) is 0 Å². The highest BCUT2D eigenvalue weighted by atomic mass is 15.0. The molecule has 1 atom stereocenters. The van der Waals surface area contributed by atoms with Crippen molar-refractivity contribution in [2.24, 2.45) is 0 Å². The van der Waals surface area contributed by atoms with Crippen LogP contribution in [0.2, 0.25) is 0 Å². The minimum absolute atomic E-state index is 0.432. The zero-order valence-corrected chi connectivity index (χ0v) is 11.3. The summed E-state index contributed by atoms with van der Waals surface area (Å²) in [6.45, 7) is 6.44. The van der Waals surface area contributed by atoms with Gasteiger partial charge in [-0.2, -0.15) is 0 Å². The second-order valence-corrected chi connectivity index (χ2v) is 4.78. The van der Waals surface area contributed by atoms with E-state index in [-0.39, 0.29) is 0 Å². The summed E-state index contributed by atoms with van der Waals surface area (Å²) in [5.74, 6) is 0. The summed E-state index contributed by atoms with van der Waals surface area (Å²) in [6.07, 6.45) is 5.57. The molecule has 1 unspecified atom stereocenters. The number of nitrogens with zero attached hydrogens (tertiary/aromatic N) is 1. The third kappa shape index (κ3) is 3.47. The Morgan fingerprint density at radius 2 is 1.94 bits per heavy atom. The summed E-state index contributed by atoms with van der Waals surface area (Å²) >= 11 is 0. The van der Waals surface area contributed by atoms with Gasteiger partial charge in [-0.1, -0.05) is 37.3 Å². The number of rotatable bonds is 6. The lowest BCUT2D eigenvalue weighted by Gasteiger charge is -2.11. The lowest BCUT2D eigenvalue weighted by molar-refractivity contribution is 0.569. The molecule has 0 bridgehead atoms. The molecular weight excluding hydrogens is 220 g/mol. The zero-order chi connectivity index (χ0) is 12.8. The van der Waals surface area contributed by atoms with Crippen molar-refractivity contribution in [2.75, 3.05) is 6.54 Å². The van der Waals surface area contributed by atoms with Crippen LogP contribution < -0.4 is 5.32 Å². The number of nitrogens with one attached hydrogen (secondary N) is 1. The van der Waals surface area contributed by atoms with Crippen molar-refractivity contribution in [3.05, 3.63) is 59.9 Å². The summed E-state index contributed by atoms with van der Waals surface area (Å²) in [6, 6.07) is 13.2. The van der Waals surface area contributed by atoms with E-state index in [0.29, 0.717) is 6.04 Å². The van der Waals surface area contributed by atoms with Gasteiger partial charge in [-0.3, -0.25) is 0 Å². The summed E-state index contributed by atoms with van der Waals surface area (Å²) in [7, 11) is 0. The van der Waals surface area contributed by atoms with Crippen molar-refractivity contribution in [2.45, 2.75) is 32.9 Å². The molecule has 0 fully saturated rings. The van der Waals surface area contributed by atoms with E-state index in [1.165, 1.54) is 17.5 Å². The molecule has 0 aliphatic carbocycles. The molecule has 1 aromatic heterocycles. The standard InChI is InChI=1S/C16H22N2/c1-3-10-17-14(2)16-9-11-18(13-16)12-15-7-5-4-6-8-15/h4-9,11,13-14,17H,3,10,12H2,1-2H3. The fourth-order valence-electron chi connectivity index (χ4n) is 2.09. The Labute approximate surface area is 110 Å². The molecular formula is C16H22N2. The van der Waals surface area contributed by atoms with E-state index in [1.807, 2.05) is 0 Å². The Morgan fingerprint density at radius 3 is 2.67 bits per heavy atom. The molecule has 1 heterocycles. The van der Waals surface area contributed by atoms with Gasteiger partial charge < -0.3 is 9.88 Å². The highest BCUT2D eigenvalue weighted by Gasteiger charge is 2.05. The van der Waals surface area contributed by atoms with Gasteiger partial charge in [-0.05, 0) is 37.1 Å². The van der Waals surface area contributed by atoms with Crippen LogP contribution in [0.3, 0.4) is 0 Å². The van der Waals surface area contributed by atoms with Crippen LogP contribution in [-0.4, -0.2) is 11.1 Å². The highest BCUT2D eigenvalue weighted by Crippen LogP contribution is 2.13. The van der Waals surface area contributed by atoms with Crippen molar-refractivity contribution in [1.29, 1.82) is 0 Å². The van der Waals surface area contributed by atoms with Crippen molar-refractivity contribution in [3.8, 4) is 0 Å². The molecule has 2 heteroatoms. The van der Waals surface area contributed by atoms with E-state index in [2.05, 4.69) is 72.5 Å². The van der Waals surface area contributed by atoms with Crippen LogP contribution in [0.15, 0.2) is 48.8 Å². The van der Waals surface area contributed by atoms with Crippen LogP contribution in [0, 0.1) is 0 Å². The first kappa shape index (κ1) is 12.9. The molecule has 96 valence electrons. The molecule has 2 aromatic rings. The van der Waals surface area contributed by atoms with E-state index in [1.54, 1.807) is 0 Å². The molecule has 1 N–H and O–H groups in total. The SMILES string of the molecule is CCCNC(C)c1ccn(Cc2ccccc2)c1. The number of hydrogen-bond acceptors (Lipinski definition) is 1. The van der Waals surface area contributed by atoms with Crippen LogP contribution in [0.5, 0.6) is 0 Å². The third-order valence-corrected chi connectivity index (χ3v) is 3.18. The topological polar surface area (TPSA) is 17.0 Å². The lowest BCUT2D eigenvalue weighted by atomic mass is 10.2. The fraction of sp³-hybridized carbons (Fsp3) is 0.375. The summed E-state index contributed by atoms with van der Waals surface area (Å²) < 4.78 is 2.24. The molecule has 0 saturated heterocycles. The normalized spacial score (nSPS) is 12.6. The molecule has 18 heavy (non-hydrogen) atoms. The van der Waals surface area contributed by atoms with Crippen molar-refractivity contribution in [3.63, 3.8) is 0 Å². The molecule has 0 spiro atoms. The first-order valence-electron chi connectivity index (χ1n) is 6.72. The first-order chi connectivity index (χ1) is 8.79. The van der Waals surface area contributed by atoms with E-state index >= 15 is 0 Å². The van der Waals surface area contributed by atoms with Crippen molar-refractivity contribution < 1.29 is 0 Å². The molecule has 0 aliphatic heterocycles. The molecule has 0 aliphatic rings. The summed E-state index contributed by atoms with van der Waals surface area (Å²) in [5.41, 5.74) is 2.70. The Bertz CT molecular complexity index is 459. The van der Waals surface area contributed by atoms with Gasteiger partial charge in [-0.25, -0.2) is 0 Å². The molecule has 0 amide bonds. The third-order valence-electron chi connectivity index (χ3n) is 3.18. The fourth-order valence-corrected chi connectivity index (χ4v) is 2.09. The van der Waals surface area contributed by atoms with E-state index < -0.39 is 0 Å². The van der Waals surface area contributed by atoms with Crippen LogP contribution in [0.4, 0.5) is 0 Å². The molecule has 2 rings (SSSR count). The minimum atomic E-state index is 0.432. The maximum absolute atomic E-state index is 3.51. The highest BCUT2D eigenvalue weighted by molar-refractivity contribution is 5.19. The average molecular weight is 242 g/mol. The first-order valence-corrected chi connectivity index (χ1v) is 6.72. The Kier molecular flexibility index (Phi) is 4.59. The lowest BCUT2D eigenvalue weighted by Crippen LogP contribution is -2.18. The predicted octanol–water partition coefficient (Wildman–Crippen LogP) is 3.60. The maximum Gasteiger partial charge on any atom is 0.0470 e. The number of aromatic nitrogens is 1. The van der Waals surface area contributed by atoms with E-state index in [4.69, 9.17) is 0 Å². The van der Waals surface area contributed by atoms with Crippen LogP contribution in [0.1, 0.15) is 37.4 Å². The van der Waals surface area contributed by atoms with Crippen LogP contribution >= 0.6 is 0 Å². The second-order valence-electron chi connectivity index (χ2n) is 4.78. The predicted molar refractivity (Wildman–Crippen MR) is 76.7 cm³/mol. The molecule has 1 aromatic carbocycles. The summed E-state index contributed by atoms with van der Waals surface area (Å²) in [5, 5.41) is 3.51. The Morgan fingerprint density at radius 1 is 1.17 bits per heavy atom. The van der Waals surface area contributed by atoms with Gasteiger partial charge >= 0.3 is 0 Å². The number of benzene rings is 1. The molecule has 0 radical (unpaired) electrons. The van der Waals surface area contributed by atoms with Crippen LogP contribution in [0.25, 0.3) is 0 Å². The average Bonchev–Trinajstić information content (AvgIpc) is 2.86. The number of hydrogen-bond donors (Lipinski definition) is 1. The van der Waals surface area contributed by atoms with Crippen LogP contribution in [-0.2, 0) is 6.54 Å². The van der Waals surface area contributed by atoms with Crippen molar-refractivity contribution in [1.82, 2.24) is 9.88 Å². The van der Waals surface area contributed by atoms with E-state index in [9.17, 15) is 0 Å². The minimum Gasteiger partial charge on any atom is -0.350 e. The quantitative estimate of drug-likeness (QED) is 0.819. The second kappa shape index (κ2) is 6.41. The molecule has 2 nitrogen and oxygen atoms in total. The largest absolute Gasteiger partial charge is 0.350 e. The monoisotopic (exact) mass is 242 g/mol. The maximum atomic E-state index is 3.51. The van der Waals surface area contributed by atoms with Gasteiger partial charge in [0.2, 0.25) is 0 Å². The molecule has 0 saturated carbocycles.